The average Bonchev–Trinajstić information content (AvgIpc) is 3.15. The molecule has 1 amide bonds. The minimum absolute atomic E-state index is 0.170. The summed E-state index contributed by atoms with van der Waals surface area (Å²) >= 11 is 0. The number of hydrogen-bond donors (Lipinski definition) is 0. The van der Waals surface area contributed by atoms with Crippen molar-refractivity contribution >= 4 is 5.91 Å². The zero-order valence-electron chi connectivity index (χ0n) is 17.7. The fourth-order valence-electron chi connectivity index (χ4n) is 2.94. The lowest BCUT2D eigenvalue weighted by molar-refractivity contribution is -0.134. The first-order valence-corrected chi connectivity index (χ1v) is 9.74. The van der Waals surface area contributed by atoms with E-state index < -0.39 is 0 Å². The van der Waals surface area contributed by atoms with Gasteiger partial charge in [0.25, 0.3) is 0 Å². The van der Waals surface area contributed by atoms with Gasteiger partial charge in [-0.15, -0.1) is 0 Å². The molecule has 0 aliphatic carbocycles. The van der Waals surface area contributed by atoms with Crippen LogP contribution in [-0.2, 0) is 11.2 Å². The van der Waals surface area contributed by atoms with Crippen molar-refractivity contribution < 1.29 is 18.8 Å². The van der Waals surface area contributed by atoms with Gasteiger partial charge in [0, 0.05) is 31.0 Å². The van der Waals surface area contributed by atoms with Crippen molar-refractivity contribution in [1.82, 2.24) is 15.0 Å². The molecule has 0 N–H and O–H groups in total. The molecule has 1 atom stereocenters. The van der Waals surface area contributed by atoms with Crippen LogP contribution in [0.5, 0.6) is 11.5 Å². The summed E-state index contributed by atoms with van der Waals surface area (Å²) in [5.41, 5.74) is 0.780. The molecule has 154 valence electrons. The number of carbonyl (C=O) groups excluding carboxylic acids is 1. The lowest BCUT2D eigenvalue weighted by Crippen LogP contribution is -2.40. The van der Waals surface area contributed by atoms with Crippen LogP contribution in [0.15, 0.2) is 22.7 Å². The third-order valence-electron chi connectivity index (χ3n) is 4.70. The van der Waals surface area contributed by atoms with Crippen LogP contribution in [0.25, 0.3) is 11.4 Å². The van der Waals surface area contributed by atoms with Crippen molar-refractivity contribution in [2.24, 2.45) is 5.92 Å². The summed E-state index contributed by atoms with van der Waals surface area (Å²) in [5.74, 6) is 2.74. The van der Waals surface area contributed by atoms with E-state index in [1.165, 1.54) is 0 Å². The summed E-state index contributed by atoms with van der Waals surface area (Å²) < 4.78 is 16.0. The van der Waals surface area contributed by atoms with Crippen molar-refractivity contribution in [3.63, 3.8) is 0 Å². The zero-order valence-corrected chi connectivity index (χ0v) is 17.7. The van der Waals surface area contributed by atoms with Crippen LogP contribution in [0, 0.1) is 5.92 Å². The van der Waals surface area contributed by atoms with Crippen LogP contribution >= 0.6 is 0 Å². The molecule has 1 aromatic heterocycles. The molecule has 7 nitrogen and oxygen atoms in total. The number of aromatic nitrogens is 2. The number of hydrogen-bond acceptors (Lipinski definition) is 6. The van der Waals surface area contributed by atoms with Crippen LogP contribution in [0.2, 0.25) is 0 Å². The van der Waals surface area contributed by atoms with Crippen LogP contribution in [0.3, 0.4) is 0 Å². The van der Waals surface area contributed by atoms with E-state index in [2.05, 4.69) is 37.8 Å². The highest BCUT2D eigenvalue weighted by Gasteiger charge is 2.21. The summed E-state index contributed by atoms with van der Waals surface area (Å²) in [6.45, 7) is 8.83. The van der Waals surface area contributed by atoms with Gasteiger partial charge in [-0.1, -0.05) is 25.9 Å². The third-order valence-corrected chi connectivity index (χ3v) is 4.70. The molecule has 0 saturated carbocycles. The third kappa shape index (κ3) is 5.47. The second-order valence-electron chi connectivity index (χ2n) is 7.27. The summed E-state index contributed by atoms with van der Waals surface area (Å²) in [7, 11) is 3.18. The van der Waals surface area contributed by atoms with Gasteiger partial charge < -0.3 is 18.9 Å². The fraction of sp³-hybridized carbons (Fsp3) is 0.571. The standard InChI is InChI=1S/C21H31N3O4/c1-7-15(4)24(20(25)12-14(2)3)11-10-19-22-21(23-28-19)16-8-9-17(26-5)18(13-16)27-6/h8-9,13-15H,7,10-12H2,1-6H3/t15-/m0/s1. The molecule has 7 heteroatoms. The Kier molecular flexibility index (Phi) is 7.84. The molecule has 0 radical (unpaired) electrons. The van der Waals surface area contributed by atoms with E-state index in [9.17, 15) is 4.79 Å². The fourth-order valence-corrected chi connectivity index (χ4v) is 2.94. The number of methoxy groups -OCH3 is 2. The number of carbonyl (C=O) groups is 1. The predicted molar refractivity (Wildman–Crippen MR) is 107 cm³/mol. The predicted octanol–water partition coefficient (Wildman–Crippen LogP) is 3.97. The number of benzene rings is 1. The van der Waals surface area contributed by atoms with Crippen LogP contribution in [0.1, 0.15) is 46.4 Å². The number of ether oxygens (including phenoxy) is 2. The van der Waals surface area contributed by atoms with Gasteiger partial charge in [0.1, 0.15) is 0 Å². The van der Waals surface area contributed by atoms with Crippen molar-refractivity contribution in [2.45, 2.75) is 53.0 Å². The molecule has 0 unspecified atom stereocenters. The molecule has 0 spiro atoms. The Hall–Kier alpha value is -2.57. The lowest BCUT2D eigenvalue weighted by Gasteiger charge is -2.29. The Morgan fingerprint density at radius 2 is 1.89 bits per heavy atom. The minimum Gasteiger partial charge on any atom is -0.493 e. The van der Waals surface area contributed by atoms with Gasteiger partial charge >= 0.3 is 0 Å². The van der Waals surface area contributed by atoms with Gasteiger partial charge in [0.2, 0.25) is 17.6 Å². The summed E-state index contributed by atoms with van der Waals surface area (Å²) in [6, 6.07) is 5.65. The van der Waals surface area contributed by atoms with Gasteiger partial charge in [0.05, 0.1) is 14.2 Å². The Labute approximate surface area is 167 Å². The monoisotopic (exact) mass is 389 g/mol. The van der Waals surface area contributed by atoms with Crippen molar-refractivity contribution in [3.05, 3.63) is 24.1 Å². The minimum atomic E-state index is 0.170. The molecule has 0 aliphatic rings. The molecule has 1 aromatic carbocycles. The van der Waals surface area contributed by atoms with Gasteiger partial charge in [0.15, 0.2) is 11.5 Å². The zero-order chi connectivity index (χ0) is 20.7. The van der Waals surface area contributed by atoms with E-state index in [4.69, 9.17) is 14.0 Å². The summed E-state index contributed by atoms with van der Waals surface area (Å²) in [5, 5.41) is 4.07. The van der Waals surface area contributed by atoms with E-state index in [0.29, 0.717) is 48.5 Å². The second-order valence-corrected chi connectivity index (χ2v) is 7.27. The highest BCUT2D eigenvalue weighted by atomic mass is 16.5. The molecule has 0 saturated heterocycles. The van der Waals surface area contributed by atoms with Crippen LogP contribution in [-0.4, -0.2) is 47.8 Å². The Morgan fingerprint density at radius 3 is 2.50 bits per heavy atom. The van der Waals surface area contributed by atoms with E-state index in [1.54, 1.807) is 20.3 Å². The molecule has 1 heterocycles. The molecule has 0 fully saturated rings. The maximum Gasteiger partial charge on any atom is 0.228 e. The Balaban J connectivity index is 2.10. The molecular weight excluding hydrogens is 358 g/mol. The molecule has 28 heavy (non-hydrogen) atoms. The largest absolute Gasteiger partial charge is 0.493 e. The molecule has 2 aromatic rings. The normalized spacial score (nSPS) is 12.1. The lowest BCUT2D eigenvalue weighted by atomic mass is 10.1. The highest BCUT2D eigenvalue weighted by molar-refractivity contribution is 5.76. The van der Waals surface area contributed by atoms with E-state index >= 15 is 0 Å². The SMILES string of the molecule is CC[C@H](C)N(CCc1nc(-c2ccc(OC)c(OC)c2)no1)C(=O)CC(C)C. The van der Waals surface area contributed by atoms with Crippen LogP contribution in [0.4, 0.5) is 0 Å². The highest BCUT2D eigenvalue weighted by Crippen LogP contribution is 2.31. The molecular formula is C21H31N3O4. The second kappa shape index (κ2) is 10.1. The Morgan fingerprint density at radius 1 is 1.18 bits per heavy atom. The van der Waals surface area contributed by atoms with E-state index in [1.807, 2.05) is 17.0 Å². The Bertz CT molecular complexity index is 773. The number of amides is 1. The van der Waals surface area contributed by atoms with Gasteiger partial charge in [-0.05, 0) is 37.5 Å². The quantitative estimate of drug-likeness (QED) is 0.612. The summed E-state index contributed by atoms with van der Waals surface area (Å²) in [6.07, 6.45) is 1.98. The van der Waals surface area contributed by atoms with E-state index in [-0.39, 0.29) is 11.9 Å². The van der Waals surface area contributed by atoms with Gasteiger partial charge in [-0.3, -0.25) is 4.79 Å². The van der Waals surface area contributed by atoms with Gasteiger partial charge in [-0.2, -0.15) is 4.98 Å². The average molecular weight is 389 g/mol. The molecule has 2 rings (SSSR count). The topological polar surface area (TPSA) is 77.7 Å². The number of rotatable bonds is 10. The first-order chi connectivity index (χ1) is 13.4. The first-order valence-electron chi connectivity index (χ1n) is 9.74. The molecule has 0 aliphatic heterocycles. The molecule has 0 bridgehead atoms. The maximum absolute atomic E-state index is 12.6. The van der Waals surface area contributed by atoms with Crippen molar-refractivity contribution in [1.29, 1.82) is 0 Å². The van der Waals surface area contributed by atoms with Crippen molar-refractivity contribution in [2.75, 3.05) is 20.8 Å². The van der Waals surface area contributed by atoms with Crippen molar-refractivity contribution in [3.8, 4) is 22.9 Å². The maximum atomic E-state index is 12.6. The van der Waals surface area contributed by atoms with E-state index in [0.717, 1.165) is 12.0 Å². The van der Waals surface area contributed by atoms with Gasteiger partial charge in [-0.25, -0.2) is 0 Å². The smallest absolute Gasteiger partial charge is 0.228 e. The number of nitrogens with zero attached hydrogens (tertiary/aromatic N) is 3. The summed E-state index contributed by atoms with van der Waals surface area (Å²) in [4.78, 5) is 19.0. The first kappa shape index (κ1) is 21.7. The van der Waals surface area contributed by atoms with Crippen LogP contribution < -0.4 is 9.47 Å².